The van der Waals surface area contributed by atoms with Crippen LogP contribution in [-0.2, 0) is 6.42 Å². The Kier molecular flexibility index (Phi) is 3.02. The van der Waals surface area contributed by atoms with Gasteiger partial charge in [-0.25, -0.2) is 4.68 Å². The molecule has 0 radical (unpaired) electrons. The van der Waals surface area contributed by atoms with Gasteiger partial charge in [0.05, 0.1) is 11.9 Å². The number of benzene rings is 1. The second-order valence-corrected chi connectivity index (χ2v) is 4.88. The van der Waals surface area contributed by atoms with E-state index in [-0.39, 0.29) is 5.75 Å². The van der Waals surface area contributed by atoms with Crippen LogP contribution in [0.4, 0.5) is 0 Å². The van der Waals surface area contributed by atoms with E-state index >= 15 is 0 Å². The van der Waals surface area contributed by atoms with E-state index in [0.29, 0.717) is 0 Å². The van der Waals surface area contributed by atoms with Crippen molar-refractivity contribution in [3.05, 3.63) is 42.2 Å². The SMILES string of the molecule is Oc1cccc(-n2cc(CC3CCNC3)cn2)c1. The fraction of sp³-hybridized carbons (Fsp3) is 0.357. The van der Waals surface area contributed by atoms with Gasteiger partial charge in [-0.1, -0.05) is 6.07 Å². The zero-order valence-corrected chi connectivity index (χ0v) is 10.2. The summed E-state index contributed by atoms with van der Waals surface area (Å²) in [4.78, 5) is 0. The quantitative estimate of drug-likeness (QED) is 0.863. The first kappa shape index (κ1) is 11.3. The number of aromatic hydroxyl groups is 1. The molecule has 4 nitrogen and oxygen atoms in total. The van der Waals surface area contributed by atoms with Crippen LogP contribution < -0.4 is 5.32 Å². The molecule has 1 aromatic carbocycles. The average Bonchev–Trinajstić information content (AvgIpc) is 3.01. The van der Waals surface area contributed by atoms with E-state index in [1.54, 1.807) is 12.1 Å². The molecule has 2 aromatic rings. The molecule has 1 aliphatic heterocycles. The van der Waals surface area contributed by atoms with Crippen molar-refractivity contribution >= 4 is 0 Å². The predicted octanol–water partition coefficient (Wildman–Crippen LogP) is 1.73. The largest absolute Gasteiger partial charge is 0.508 e. The lowest BCUT2D eigenvalue weighted by molar-refractivity contribution is 0.475. The number of hydrogen-bond donors (Lipinski definition) is 2. The molecule has 0 saturated carbocycles. The molecule has 0 bridgehead atoms. The van der Waals surface area contributed by atoms with Crippen molar-refractivity contribution in [3.63, 3.8) is 0 Å². The highest BCUT2D eigenvalue weighted by Crippen LogP contribution is 2.18. The summed E-state index contributed by atoms with van der Waals surface area (Å²) in [5, 5.41) is 17.2. The molecule has 2 N–H and O–H groups in total. The molecule has 0 spiro atoms. The number of hydrogen-bond acceptors (Lipinski definition) is 3. The third kappa shape index (κ3) is 2.38. The Morgan fingerprint density at radius 2 is 2.39 bits per heavy atom. The van der Waals surface area contributed by atoms with Crippen molar-refractivity contribution in [2.45, 2.75) is 12.8 Å². The van der Waals surface area contributed by atoms with Crippen LogP contribution in [0.25, 0.3) is 5.69 Å². The van der Waals surface area contributed by atoms with Gasteiger partial charge in [-0.05, 0) is 49.5 Å². The molecule has 1 saturated heterocycles. The smallest absolute Gasteiger partial charge is 0.117 e. The highest BCUT2D eigenvalue weighted by Gasteiger charge is 2.15. The molecule has 18 heavy (non-hydrogen) atoms. The summed E-state index contributed by atoms with van der Waals surface area (Å²) >= 11 is 0. The predicted molar refractivity (Wildman–Crippen MR) is 69.9 cm³/mol. The second kappa shape index (κ2) is 4.82. The summed E-state index contributed by atoms with van der Waals surface area (Å²) in [6, 6.07) is 7.15. The zero-order chi connectivity index (χ0) is 12.4. The van der Waals surface area contributed by atoms with Crippen molar-refractivity contribution in [2.75, 3.05) is 13.1 Å². The van der Waals surface area contributed by atoms with E-state index in [9.17, 15) is 5.11 Å². The van der Waals surface area contributed by atoms with Gasteiger partial charge in [0.25, 0.3) is 0 Å². The first-order chi connectivity index (χ1) is 8.81. The van der Waals surface area contributed by atoms with E-state index in [1.165, 1.54) is 12.0 Å². The molecular weight excluding hydrogens is 226 g/mol. The van der Waals surface area contributed by atoms with Crippen LogP contribution >= 0.6 is 0 Å². The Labute approximate surface area is 106 Å². The van der Waals surface area contributed by atoms with Crippen LogP contribution in [0.2, 0.25) is 0 Å². The lowest BCUT2D eigenvalue weighted by atomic mass is 10.0. The molecule has 1 atom stereocenters. The highest BCUT2D eigenvalue weighted by molar-refractivity contribution is 5.38. The summed E-state index contributed by atoms with van der Waals surface area (Å²) in [6.07, 6.45) is 6.29. The number of phenols is 1. The topological polar surface area (TPSA) is 50.1 Å². The van der Waals surface area contributed by atoms with Crippen molar-refractivity contribution in [2.24, 2.45) is 5.92 Å². The maximum absolute atomic E-state index is 9.46. The van der Waals surface area contributed by atoms with Crippen molar-refractivity contribution in [1.82, 2.24) is 15.1 Å². The van der Waals surface area contributed by atoms with Crippen LogP contribution in [0.5, 0.6) is 5.75 Å². The van der Waals surface area contributed by atoms with Gasteiger partial charge >= 0.3 is 0 Å². The Balaban J connectivity index is 1.76. The average molecular weight is 243 g/mol. The van der Waals surface area contributed by atoms with Gasteiger partial charge in [-0.15, -0.1) is 0 Å². The molecular formula is C14H17N3O. The Hall–Kier alpha value is -1.81. The molecule has 1 fully saturated rings. The van der Waals surface area contributed by atoms with Crippen LogP contribution in [0.15, 0.2) is 36.7 Å². The van der Waals surface area contributed by atoms with Crippen LogP contribution in [0.3, 0.4) is 0 Å². The van der Waals surface area contributed by atoms with Crippen LogP contribution in [0.1, 0.15) is 12.0 Å². The molecule has 0 amide bonds. The first-order valence-corrected chi connectivity index (χ1v) is 6.35. The third-order valence-electron chi connectivity index (χ3n) is 3.42. The van der Waals surface area contributed by atoms with E-state index in [4.69, 9.17) is 0 Å². The van der Waals surface area contributed by atoms with E-state index < -0.39 is 0 Å². The molecule has 4 heteroatoms. The molecule has 94 valence electrons. The van der Waals surface area contributed by atoms with Gasteiger partial charge in [-0.2, -0.15) is 5.10 Å². The molecule has 1 unspecified atom stereocenters. The van der Waals surface area contributed by atoms with E-state index in [1.807, 2.05) is 29.2 Å². The van der Waals surface area contributed by atoms with Gasteiger partial charge in [0.15, 0.2) is 0 Å². The molecule has 0 aliphatic carbocycles. The first-order valence-electron chi connectivity index (χ1n) is 6.35. The summed E-state index contributed by atoms with van der Waals surface area (Å²) in [5.41, 5.74) is 2.15. The van der Waals surface area contributed by atoms with E-state index in [2.05, 4.69) is 10.4 Å². The monoisotopic (exact) mass is 243 g/mol. The number of nitrogens with one attached hydrogen (secondary N) is 1. The Bertz CT molecular complexity index is 529. The lowest BCUT2D eigenvalue weighted by Crippen LogP contribution is -2.10. The van der Waals surface area contributed by atoms with Crippen LogP contribution in [-0.4, -0.2) is 28.0 Å². The van der Waals surface area contributed by atoms with Crippen molar-refractivity contribution in [3.8, 4) is 11.4 Å². The minimum absolute atomic E-state index is 0.268. The fourth-order valence-corrected chi connectivity index (χ4v) is 2.46. The second-order valence-electron chi connectivity index (χ2n) is 4.88. The zero-order valence-electron chi connectivity index (χ0n) is 10.2. The standard InChI is InChI=1S/C14H17N3O/c18-14-3-1-2-13(7-14)17-10-12(9-16-17)6-11-4-5-15-8-11/h1-3,7,9-11,15,18H,4-6,8H2. The summed E-state index contributed by atoms with van der Waals surface area (Å²) in [5.74, 6) is 0.997. The maximum Gasteiger partial charge on any atom is 0.117 e. The van der Waals surface area contributed by atoms with E-state index in [0.717, 1.165) is 31.1 Å². The maximum atomic E-state index is 9.46. The fourth-order valence-electron chi connectivity index (χ4n) is 2.46. The summed E-state index contributed by atoms with van der Waals surface area (Å²) in [6.45, 7) is 2.24. The van der Waals surface area contributed by atoms with Gasteiger partial charge in [0, 0.05) is 12.3 Å². The Morgan fingerprint density at radius 3 is 3.17 bits per heavy atom. The van der Waals surface area contributed by atoms with Gasteiger partial charge in [0.1, 0.15) is 5.75 Å². The minimum atomic E-state index is 0.268. The number of phenolic OH excluding ortho intramolecular Hbond substituents is 1. The van der Waals surface area contributed by atoms with Crippen molar-refractivity contribution in [1.29, 1.82) is 0 Å². The number of nitrogens with zero attached hydrogens (tertiary/aromatic N) is 2. The summed E-state index contributed by atoms with van der Waals surface area (Å²) in [7, 11) is 0. The normalized spacial score (nSPS) is 19.2. The number of rotatable bonds is 3. The molecule has 3 rings (SSSR count). The molecule has 1 aliphatic rings. The highest BCUT2D eigenvalue weighted by atomic mass is 16.3. The number of aromatic nitrogens is 2. The molecule has 2 heterocycles. The van der Waals surface area contributed by atoms with Crippen LogP contribution in [0, 0.1) is 5.92 Å². The lowest BCUT2D eigenvalue weighted by Gasteiger charge is -2.05. The Morgan fingerprint density at radius 1 is 1.44 bits per heavy atom. The van der Waals surface area contributed by atoms with Gasteiger partial charge in [-0.3, -0.25) is 0 Å². The molecule has 1 aromatic heterocycles. The van der Waals surface area contributed by atoms with Gasteiger partial charge < -0.3 is 10.4 Å². The van der Waals surface area contributed by atoms with Crippen molar-refractivity contribution < 1.29 is 5.11 Å². The summed E-state index contributed by atoms with van der Waals surface area (Å²) < 4.78 is 1.82. The minimum Gasteiger partial charge on any atom is -0.508 e. The van der Waals surface area contributed by atoms with Gasteiger partial charge in [0.2, 0.25) is 0 Å². The third-order valence-corrected chi connectivity index (χ3v) is 3.42.